The molecule has 100 valence electrons. The Kier molecular flexibility index (Phi) is 4.86. The van der Waals surface area contributed by atoms with Crippen molar-refractivity contribution in [3.05, 3.63) is 29.8 Å². The largest absolute Gasteiger partial charge is 0.329 e. The Morgan fingerprint density at radius 2 is 2.00 bits per heavy atom. The summed E-state index contributed by atoms with van der Waals surface area (Å²) >= 11 is 0. The van der Waals surface area contributed by atoms with Gasteiger partial charge in [-0.25, -0.2) is 8.42 Å². The first-order chi connectivity index (χ1) is 8.36. The van der Waals surface area contributed by atoms with Crippen LogP contribution in [0.1, 0.15) is 12.5 Å². The molecule has 5 nitrogen and oxygen atoms in total. The predicted molar refractivity (Wildman–Crippen MR) is 72.1 cm³/mol. The predicted octanol–water partition coefficient (Wildman–Crippen LogP) is 0.696. The molecule has 0 radical (unpaired) electrons. The van der Waals surface area contributed by atoms with Gasteiger partial charge in [0.15, 0.2) is 9.84 Å². The summed E-state index contributed by atoms with van der Waals surface area (Å²) in [5.74, 6) is -1.08. The fourth-order valence-electron chi connectivity index (χ4n) is 1.37. The van der Waals surface area contributed by atoms with E-state index in [1.807, 2.05) is 19.1 Å². The van der Waals surface area contributed by atoms with Crippen LogP contribution in [0.25, 0.3) is 0 Å². The number of para-hydroxylation sites is 1. The van der Waals surface area contributed by atoms with Crippen LogP contribution in [-0.4, -0.2) is 31.9 Å². The van der Waals surface area contributed by atoms with Crippen LogP contribution in [-0.2, 0) is 14.6 Å². The molecule has 0 heterocycles. The minimum atomic E-state index is -3.48. The van der Waals surface area contributed by atoms with Crippen molar-refractivity contribution in [2.75, 3.05) is 17.6 Å². The number of benzene rings is 1. The van der Waals surface area contributed by atoms with Crippen molar-refractivity contribution in [3.8, 4) is 0 Å². The van der Waals surface area contributed by atoms with E-state index >= 15 is 0 Å². The minimum absolute atomic E-state index is 0.0139. The van der Waals surface area contributed by atoms with Crippen molar-refractivity contribution < 1.29 is 13.2 Å². The van der Waals surface area contributed by atoms with E-state index in [-0.39, 0.29) is 6.54 Å². The van der Waals surface area contributed by atoms with Crippen molar-refractivity contribution >= 4 is 21.4 Å². The molecule has 0 saturated carbocycles. The van der Waals surface area contributed by atoms with Crippen LogP contribution in [0.3, 0.4) is 0 Å². The van der Waals surface area contributed by atoms with E-state index in [2.05, 4.69) is 5.32 Å². The quantitative estimate of drug-likeness (QED) is 0.824. The van der Waals surface area contributed by atoms with E-state index in [4.69, 9.17) is 5.73 Å². The average Bonchev–Trinajstić information content (AvgIpc) is 2.30. The Labute approximate surface area is 107 Å². The summed E-state index contributed by atoms with van der Waals surface area (Å²) in [4.78, 5) is 11.7. The fraction of sp³-hybridized carbons (Fsp3) is 0.417. The van der Waals surface area contributed by atoms with Crippen molar-refractivity contribution in [2.45, 2.75) is 19.1 Å². The van der Waals surface area contributed by atoms with Gasteiger partial charge in [0.1, 0.15) is 5.75 Å². The first kappa shape index (κ1) is 14.7. The number of rotatable bonds is 5. The Morgan fingerprint density at radius 1 is 1.39 bits per heavy atom. The van der Waals surface area contributed by atoms with Gasteiger partial charge in [0.05, 0.1) is 5.25 Å². The molecule has 0 aromatic heterocycles. The molecule has 1 atom stereocenters. The second kappa shape index (κ2) is 5.97. The van der Waals surface area contributed by atoms with Crippen molar-refractivity contribution in [2.24, 2.45) is 5.73 Å². The smallest absolute Gasteiger partial charge is 0.239 e. The highest BCUT2D eigenvalue weighted by Crippen LogP contribution is 2.13. The molecule has 0 aliphatic rings. The van der Waals surface area contributed by atoms with Crippen molar-refractivity contribution in [1.29, 1.82) is 0 Å². The summed E-state index contributed by atoms with van der Waals surface area (Å²) in [6, 6.07) is 7.19. The summed E-state index contributed by atoms with van der Waals surface area (Å²) in [6.45, 7) is 3.35. The topological polar surface area (TPSA) is 89.3 Å². The maximum Gasteiger partial charge on any atom is 0.239 e. The highest BCUT2D eigenvalue weighted by molar-refractivity contribution is 7.92. The zero-order valence-electron chi connectivity index (χ0n) is 10.5. The molecular formula is C12H18N2O3S. The van der Waals surface area contributed by atoms with Crippen LogP contribution in [0.15, 0.2) is 24.3 Å². The lowest BCUT2D eigenvalue weighted by Gasteiger charge is -2.11. The van der Waals surface area contributed by atoms with Crippen LogP contribution in [0.5, 0.6) is 0 Å². The molecule has 0 saturated heterocycles. The summed E-state index contributed by atoms with van der Waals surface area (Å²) in [7, 11) is -3.48. The molecule has 0 aliphatic carbocycles. The lowest BCUT2D eigenvalue weighted by atomic mass is 10.2. The summed E-state index contributed by atoms with van der Waals surface area (Å²) in [6.07, 6.45) is 0. The van der Waals surface area contributed by atoms with Crippen LogP contribution >= 0.6 is 0 Å². The molecule has 1 rings (SSSR count). The number of sulfone groups is 1. The summed E-state index contributed by atoms with van der Waals surface area (Å²) in [5, 5.41) is 1.88. The van der Waals surface area contributed by atoms with Gasteiger partial charge in [-0.15, -0.1) is 0 Å². The first-order valence-electron chi connectivity index (χ1n) is 5.64. The van der Waals surface area contributed by atoms with E-state index in [1.54, 1.807) is 12.1 Å². The normalized spacial score (nSPS) is 13.1. The highest BCUT2D eigenvalue weighted by atomic mass is 32.2. The first-order valence-corrected chi connectivity index (χ1v) is 7.35. The molecular weight excluding hydrogens is 252 g/mol. The number of carbonyl (C=O) groups is 1. The SMILES string of the molecule is Cc1ccccc1NC(=O)CS(=O)(=O)C(C)CN. The van der Waals surface area contributed by atoms with E-state index in [9.17, 15) is 13.2 Å². The van der Waals surface area contributed by atoms with Gasteiger partial charge in [0, 0.05) is 12.2 Å². The monoisotopic (exact) mass is 270 g/mol. The molecule has 0 spiro atoms. The minimum Gasteiger partial charge on any atom is -0.329 e. The zero-order valence-corrected chi connectivity index (χ0v) is 11.3. The van der Waals surface area contributed by atoms with Crippen LogP contribution < -0.4 is 11.1 Å². The molecule has 6 heteroatoms. The maximum atomic E-state index is 11.7. The Balaban J connectivity index is 2.72. The molecule has 1 aromatic rings. The second-order valence-corrected chi connectivity index (χ2v) is 6.64. The number of hydrogen-bond donors (Lipinski definition) is 2. The number of hydrogen-bond acceptors (Lipinski definition) is 4. The standard InChI is InChI=1S/C12H18N2O3S/c1-9-5-3-4-6-11(9)14-12(15)8-18(16,17)10(2)7-13/h3-6,10H,7-8,13H2,1-2H3,(H,14,15). The van der Waals surface area contributed by atoms with Crippen LogP contribution in [0.2, 0.25) is 0 Å². The van der Waals surface area contributed by atoms with Crippen LogP contribution in [0, 0.1) is 6.92 Å². The number of nitrogens with one attached hydrogen (secondary N) is 1. The Bertz CT molecular complexity index is 526. The van der Waals surface area contributed by atoms with Crippen molar-refractivity contribution in [3.63, 3.8) is 0 Å². The zero-order chi connectivity index (χ0) is 13.8. The molecule has 3 N–H and O–H groups in total. The number of aryl methyl sites for hydroxylation is 1. The summed E-state index contributed by atoms with van der Waals surface area (Å²) < 4.78 is 23.4. The van der Waals surface area contributed by atoms with Gasteiger partial charge in [-0.05, 0) is 25.5 Å². The third-order valence-electron chi connectivity index (χ3n) is 2.70. The van der Waals surface area contributed by atoms with Crippen molar-refractivity contribution in [1.82, 2.24) is 0 Å². The van der Waals surface area contributed by atoms with E-state index in [1.165, 1.54) is 6.92 Å². The maximum absolute atomic E-state index is 11.7. The molecule has 1 unspecified atom stereocenters. The van der Waals surface area contributed by atoms with Gasteiger partial charge in [-0.2, -0.15) is 0 Å². The highest BCUT2D eigenvalue weighted by Gasteiger charge is 2.23. The number of carbonyl (C=O) groups excluding carboxylic acids is 1. The number of amides is 1. The average molecular weight is 270 g/mol. The van der Waals surface area contributed by atoms with Gasteiger partial charge >= 0.3 is 0 Å². The van der Waals surface area contributed by atoms with E-state index in [0.717, 1.165) is 5.56 Å². The molecule has 0 aliphatic heterocycles. The molecule has 18 heavy (non-hydrogen) atoms. The van der Waals surface area contributed by atoms with E-state index < -0.39 is 26.7 Å². The Morgan fingerprint density at radius 3 is 2.56 bits per heavy atom. The van der Waals surface area contributed by atoms with E-state index in [0.29, 0.717) is 5.69 Å². The van der Waals surface area contributed by atoms with Crippen LogP contribution in [0.4, 0.5) is 5.69 Å². The van der Waals surface area contributed by atoms with Gasteiger partial charge < -0.3 is 11.1 Å². The third kappa shape index (κ3) is 3.82. The van der Waals surface area contributed by atoms with Gasteiger partial charge in [-0.1, -0.05) is 18.2 Å². The fourth-order valence-corrected chi connectivity index (χ4v) is 2.39. The Hall–Kier alpha value is -1.40. The lowest BCUT2D eigenvalue weighted by Crippen LogP contribution is -2.33. The lowest BCUT2D eigenvalue weighted by molar-refractivity contribution is -0.113. The third-order valence-corrected chi connectivity index (χ3v) is 4.78. The second-order valence-electron chi connectivity index (χ2n) is 4.22. The van der Waals surface area contributed by atoms with Gasteiger partial charge in [-0.3, -0.25) is 4.79 Å². The summed E-state index contributed by atoms with van der Waals surface area (Å²) in [5.41, 5.74) is 6.81. The number of nitrogens with two attached hydrogens (primary N) is 1. The van der Waals surface area contributed by atoms with Gasteiger partial charge in [0.2, 0.25) is 5.91 Å². The number of anilines is 1. The molecule has 1 amide bonds. The molecule has 0 bridgehead atoms. The molecule has 0 fully saturated rings. The van der Waals surface area contributed by atoms with Gasteiger partial charge in [0.25, 0.3) is 0 Å². The molecule has 1 aromatic carbocycles.